The van der Waals surface area contributed by atoms with Crippen LogP contribution in [0, 0.1) is 6.92 Å². The van der Waals surface area contributed by atoms with E-state index in [4.69, 9.17) is 0 Å². The first kappa shape index (κ1) is 37.0. The molecule has 6 aromatic carbocycles. The van der Waals surface area contributed by atoms with Crippen molar-refractivity contribution in [1.29, 1.82) is 0 Å². The maximum absolute atomic E-state index is 2.34. The minimum Gasteiger partial charge on any atom is -1.00 e. The third kappa shape index (κ3) is 9.63. The number of benzene rings is 4. The number of rotatable bonds is 4. The zero-order valence-corrected chi connectivity index (χ0v) is 31.4. The van der Waals surface area contributed by atoms with Crippen molar-refractivity contribution in [2.75, 3.05) is 0 Å². The summed E-state index contributed by atoms with van der Waals surface area (Å²) in [6, 6.07) is 41.7. The molecule has 0 heterocycles. The van der Waals surface area contributed by atoms with E-state index in [9.17, 15) is 0 Å². The zero-order chi connectivity index (χ0) is 29.5. The minimum atomic E-state index is 0. The SMILES string of the molecule is CC(C)c1cc2c(-c3ccccc3)cccc2[cH-]1.C[Si](C)=[Zr+2].Cc1cc2c(-c3ccccc3)ccc(C(C)C)c2[cH-]1.[Cl-].[Cl-]. The van der Waals surface area contributed by atoms with Crippen LogP contribution in [0.3, 0.4) is 0 Å². The minimum absolute atomic E-state index is 0. The molecular weight excluding hydrogens is 659 g/mol. The molecule has 6 aromatic rings. The molecule has 43 heavy (non-hydrogen) atoms. The van der Waals surface area contributed by atoms with Gasteiger partial charge in [-0.05, 0) is 17.0 Å². The number of aryl methyl sites for hydroxylation is 1. The Labute approximate surface area is 286 Å². The van der Waals surface area contributed by atoms with Crippen molar-refractivity contribution < 1.29 is 48.1 Å². The molecule has 0 spiro atoms. The van der Waals surface area contributed by atoms with E-state index < -0.39 is 0 Å². The van der Waals surface area contributed by atoms with Gasteiger partial charge in [-0.2, -0.15) is 12.1 Å². The van der Waals surface area contributed by atoms with Gasteiger partial charge < -0.3 is 24.8 Å². The largest absolute Gasteiger partial charge is 1.00 e. The van der Waals surface area contributed by atoms with Gasteiger partial charge in [0.2, 0.25) is 0 Å². The molecule has 6 rings (SSSR count). The predicted octanol–water partition coefficient (Wildman–Crippen LogP) is 5.80. The summed E-state index contributed by atoms with van der Waals surface area (Å²) in [5.41, 5.74) is 9.70. The van der Waals surface area contributed by atoms with Crippen LogP contribution in [0.4, 0.5) is 0 Å². The first-order valence-corrected chi connectivity index (χ1v) is 20.9. The molecule has 222 valence electrons. The Bertz CT molecular complexity index is 1720. The Morgan fingerprint density at radius 1 is 0.605 bits per heavy atom. The maximum atomic E-state index is 2.34. The van der Waals surface area contributed by atoms with Crippen LogP contribution >= 0.6 is 0 Å². The molecule has 0 aliphatic heterocycles. The number of hydrogen-bond acceptors (Lipinski definition) is 0. The summed E-state index contributed by atoms with van der Waals surface area (Å²) in [7, 11) is 0. The second-order valence-electron chi connectivity index (χ2n) is 11.7. The Kier molecular flexibility index (Phi) is 14.9. The van der Waals surface area contributed by atoms with E-state index in [-0.39, 0.29) is 30.2 Å². The number of halogens is 2. The molecule has 0 fully saturated rings. The average Bonchev–Trinajstić information content (AvgIpc) is 3.57. The predicted molar refractivity (Wildman–Crippen MR) is 180 cm³/mol. The molecule has 0 aliphatic carbocycles. The van der Waals surface area contributed by atoms with Crippen molar-refractivity contribution in [3.05, 3.63) is 132 Å². The quantitative estimate of drug-likeness (QED) is 0.161. The van der Waals surface area contributed by atoms with Crippen molar-refractivity contribution in [2.24, 2.45) is 0 Å². The van der Waals surface area contributed by atoms with Crippen LogP contribution in [-0.4, -0.2) is 5.43 Å². The average molecular weight is 701 g/mol. The molecule has 0 bridgehead atoms. The van der Waals surface area contributed by atoms with Crippen molar-refractivity contribution in [2.45, 2.75) is 59.5 Å². The summed E-state index contributed by atoms with van der Waals surface area (Å²) in [5, 5.41) is 5.51. The molecule has 0 unspecified atom stereocenters. The van der Waals surface area contributed by atoms with Gasteiger partial charge in [0, 0.05) is 0 Å². The third-order valence-corrected chi connectivity index (χ3v) is 7.30. The maximum Gasteiger partial charge on any atom is -0.0279 e. The van der Waals surface area contributed by atoms with Crippen molar-refractivity contribution in [3.63, 3.8) is 0 Å². The van der Waals surface area contributed by atoms with E-state index >= 15 is 0 Å². The fourth-order valence-corrected chi connectivity index (χ4v) is 5.30. The van der Waals surface area contributed by atoms with E-state index in [2.05, 4.69) is 163 Å². The second kappa shape index (κ2) is 17.3. The fourth-order valence-electron chi connectivity index (χ4n) is 5.30. The monoisotopic (exact) mass is 698 g/mol. The van der Waals surface area contributed by atoms with E-state index in [1.165, 1.54) is 60.5 Å². The Morgan fingerprint density at radius 2 is 1.14 bits per heavy atom. The van der Waals surface area contributed by atoms with Crippen LogP contribution in [0.2, 0.25) is 13.1 Å². The standard InChI is InChI=1S/C19H19.C18H17.C2H6Si.2ClH.Zr/c1-13(2)16-9-10-17(15-7-5-4-6-8-15)19-12-14(3)11-18(16)19;1-13(2)16-11-15-9-6-10-17(18(15)12-16)14-7-4-3-5-8-14;1-3-2;;;/h4-13H,1-3H3;3-13H,1-2H3;1-2H3;2*1H;/q2*-1;;;;+2/p-2. The topological polar surface area (TPSA) is 0 Å². The van der Waals surface area contributed by atoms with Gasteiger partial charge in [0.1, 0.15) is 0 Å². The van der Waals surface area contributed by atoms with E-state index in [0.29, 0.717) is 11.8 Å². The molecule has 0 saturated heterocycles. The molecule has 0 nitrogen and oxygen atoms in total. The normalized spacial score (nSPS) is 10.4. The van der Waals surface area contributed by atoms with Crippen LogP contribution in [0.25, 0.3) is 43.8 Å². The molecule has 0 saturated carbocycles. The van der Waals surface area contributed by atoms with Gasteiger partial charge >= 0.3 is 41.9 Å². The third-order valence-electron chi connectivity index (χ3n) is 7.30. The molecular formula is C39H42Cl2SiZr-2. The van der Waals surface area contributed by atoms with Gasteiger partial charge in [-0.1, -0.05) is 124 Å². The summed E-state index contributed by atoms with van der Waals surface area (Å²) in [6.07, 6.45) is 0. The van der Waals surface area contributed by atoms with Gasteiger partial charge in [-0.15, -0.1) is 68.6 Å². The Balaban J connectivity index is 0.000000257. The van der Waals surface area contributed by atoms with Gasteiger partial charge in [0.15, 0.2) is 0 Å². The van der Waals surface area contributed by atoms with Crippen LogP contribution in [0.1, 0.15) is 56.2 Å². The molecule has 0 N–H and O–H groups in total. The van der Waals surface area contributed by atoms with E-state index in [1.54, 1.807) is 23.3 Å². The second-order valence-corrected chi connectivity index (χ2v) is 21.1. The van der Waals surface area contributed by atoms with Crippen LogP contribution in [-0.2, 0) is 23.3 Å². The van der Waals surface area contributed by atoms with E-state index in [0.717, 1.165) is 0 Å². The molecule has 0 aliphatic rings. The van der Waals surface area contributed by atoms with Crippen molar-refractivity contribution in [3.8, 4) is 22.3 Å². The number of hydrogen-bond donors (Lipinski definition) is 0. The van der Waals surface area contributed by atoms with Crippen LogP contribution in [0.5, 0.6) is 0 Å². The summed E-state index contributed by atoms with van der Waals surface area (Å²) < 4.78 is 0. The molecule has 0 amide bonds. The van der Waals surface area contributed by atoms with Gasteiger partial charge in [0.05, 0.1) is 0 Å². The van der Waals surface area contributed by atoms with Gasteiger partial charge in [-0.25, -0.2) is 0 Å². The Morgan fingerprint density at radius 3 is 1.65 bits per heavy atom. The summed E-state index contributed by atoms with van der Waals surface area (Å²) >= 11 is 1.74. The molecule has 0 atom stereocenters. The zero-order valence-electron chi connectivity index (χ0n) is 26.4. The molecule has 0 radical (unpaired) electrons. The fraction of sp³-hybridized carbons (Fsp3) is 0.231. The smallest absolute Gasteiger partial charge is 0.0279 e. The number of fused-ring (bicyclic) bond motifs is 2. The van der Waals surface area contributed by atoms with Crippen LogP contribution < -0.4 is 24.8 Å². The van der Waals surface area contributed by atoms with Crippen molar-refractivity contribution >= 4 is 27.0 Å². The van der Waals surface area contributed by atoms with E-state index in [1.807, 2.05) is 0 Å². The Hall–Kier alpha value is -2.22. The van der Waals surface area contributed by atoms with Crippen molar-refractivity contribution in [1.82, 2.24) is 0 Å². The molecule has 4 heteroatoms. The summed E-state index contributed by atoms with van der Waals surface area (Å²) in [4.78, 5) is 0. The molecule has 0 aromatic heterocycles. The van der Waals surface area contributed by atoms with Crippen LogP contribution in [0.15, 0.2) is 115 Å². The van der Waals surface area contributed by atoms with Gasteiger partial charge in [0.25, 0.3) is 0 Å². The first-order valence-electron chi connectivity index (χ1n) is 14.7. The summed E-state index contributed by atoms with van der Waals surface area (Å²) in [6.45, 7) is 15.8. The first-order chi connectivity index (χ1) is 19.7. The van der Waals surface area contributed by atoms with Gasteiger partial charge in [-0.3, -0.25) is 0 Å². The summed E-state index contributed by atoms with van der Waals surface area (Å²) in [5.74, 6) is 1.15.